The van der Waals surface area contributed by atoms with Crippen LogP contribution >= 0.6 is 0 Å². The molecule has 0 amide bonds. The Morgan fingerprint density at radius 2 is 1.90 bits per heavy atom. The zero-order chi connectivity index (χ0) is 15.5. The molecule has 1 rings (SSSR count). The van der Waals surface area contributed by atoms with Crippen molar-refractivity contribution in [2.24, 2.45) is 5.84 Å². The molecule has 21 heavy (non-hydrogen) atoms. The summed E-state index contributed by atoms with van der Waals surface area (Å²) in [4.78, 5) is 2.39. The Morgan fingerprint density at radius 3 is 2.52 bits per heavy atom. The molecule has 0 saturated carbocycles. The van der Waals surface area contributed by atoms with Gasteiger partial charge in [0.05, 0.1) is 12.6 Å². The second-order valence-corrected chi connectivity index (χ2v) is 4.91. The number of ether oxygens (including phenoxy) is 2. The van der Waals surface area contributed by atoms with Gasteiger partial charge in [-0.2, -0.15) is 0 Å². The van der Waals surface area contributed by atoms with Crippen molar-refractivity contribution in [2.45, 2.75) is 26.3 Å². The summed E-state index contributed by atoms with van der Waals surface area (Å²) in [6.07, 6.45) is 0.947. The largest absolute Gasteiger partial charge is 0.491 e. The number of methoxy groups -OCH3 is 1. The van der Waals surface area contributed by atoms with Crippen LogP contribution < -0.4 is 16.0 Å². The number of rotatable bonds is 11. The van der Waals surface area contributed by atoms with Crippen LogP contribution in [0.25, 0.3) is 0 Å². The maximum atomic E-state index is 5.79. The average Bonchev–Trinajstić information content (AvgIpc) is 2.53. The van der Waals surface area contributed by atoms with E-state index in [1.54, 1.807) is 7.11 Å². The minimum Gasteiger partial charge on any atom is -0.491 e. The van der Waals surface area contributed by atoms with E-state index >= 15 is 0 Å². The van der Waals surface area contributed by atoms with Gasteiger partial charge < -0.3 is 14.4 Å². The van der Waals surface area contributed by atoms with Gasteiger partial charge in [0.25, 0.3) is 0 Å². The van der Waals surface area contributed by atoms with E-state index in [1.807, 2.05) is 18.2 Å². The van der Waals surface area contributed by atoms with E-state index in [2.05, 4.69) is 30.2 Å². The maximum absolute atomic E-state index is 5.79. The fourth-order valence-electron chi connectivity index (χ4n) is 2.31. The Bertz CT molecular complexity index is 384. The van der Waals surface area contributed by atoms with Crippen molar-refractivity contribution in [1.82, 2.24) is 10.3 Å². The first-order valence-electron chi connectivity index (χ1n) is 7.65. The first kappa shape index (κ1) is 17.9. The van der Waals surface area contributed by atoms with Crippen LogP contribution in [0.15, 0.2) is 24.3 Å². The molecule has 0 saturated heterocycles. The van der Waals surface area contributed by atoms with Crippen LogP contribution in [0.1, 0.15) is 31.9 Å². The molecular formula is C16H29N3O2. The maximum Gasteiger partial charge on any atom is 0.124 e. The molecule has 0 aliphatic heterocycles. The molecule has 3 N–H and O–H groups in total. The van der Waals surface area contributed by atoms with Gasteiger partial charge in [-0.15, -0.1) is 0 Å². The number of hydrazine groups is 1. The van der Waals surface area contributed by atoms with Gasteiger partial charge in [-0.05, 0) is 32.1 Å². The highest BCUT2D eigenvalue weighted by Gasteiger charge is 2.15. The molecule has 120 valence electrons. The van der Waals surface area contributed by atoms with Crippen molar-refractivity contribution in [2.75, 3.05) is 40.0 Å². The van der Waals surface area contributed by atoms with Gasteiger partial charge >= 0.3 is 0 Å². The fraction of sp³-hybridized carbons (Fsp3) is 0.625. The Kier molecular flexibility index (Phi) is 9.01. The number of hydrogen-bond acceptors (Lipinski definition) is 5. The molecule has 0 aliphatic carbocycles. The highest BCUT2D eigenvalue weighted by Crippen LogP contribution is 2.27. The van der Waals surface area contributed by atoms with Crippen molar-refractivity contribution in [3.05, 3.63) is 29.8 Å². The molecule has 0 fully saturated rings. The van der Waals surface area contributed by atoms with Gasteiger partial charge in [-0.25, -0.2) is 0 Å². The van der Waals surface area contributed by atoms with Crippen molar-refractivity contribution in [1.29, 1.82) is 0 Å². The van der Waals surface area contributed by atoms with Gasteiger partial charge in [0.15, 0.2) is 0 Å². The van der Waals surface area contributed by atoms with Crippen LogP contribution in [0.4, 0.5) is 0 Å². The summed E-state index contributed by atoms with van der Waals surface area (Å²) in [6, 6.07) is 8.12. The van der Waals surface area contributed by atoms with E-state index in [0.717, 1.165) is 37.4 Å². The second kappa shape index (κ2) is 10.6. The molecule has 0 bridgehead atoms. The zero-order valence-corrected chi connectivity index (χ0v) is 13.5. The molecule has 5 nitrogen and oxygen atoms in total. The summed E-state index contributed by atoms with van der Waals surface area (Å²) >= 11 is 0. The van der Waals surface area contributed by atoms with E-state index in [9.17, 15) is 0 Å². The van der Waals surface area contributed by atoms with Crippen LogP contribution in [-0.2, 0) is 4.74 Å². The van der Waals surface area contributed by atoms with Gasteiger partial charge in [-0.3, -0.25) is 11.3 Å². The third-order valence-corrected chi connectivity index (χ3v) is 3.67. The van der Waals surface area contributed by atoms with Gasteiger partial charge in [-0.1, -0.05) is 32.0 Å². The summed E-state index contributed by atoms with van der Waals surface area (Å²) in [5.41, 5.74) is 4.02. The lowest BCUT2D eigenvalue weighted by Crippen LogP contribution is -2.33. The van der Waals surface area contributed by atoms with Crippen LogP contribution in [0.3, 0.4) is 0 Å². The standard InChI is InChI=1S/C16H29N3O2/c1-4-19(5-2)11-10-15(18-17)14-8-6-7-9-16(14)21-13-12-20-3/h6-9,15,18H,4-5,10-13,17H2,1-3H3. The van der Waals surface area contributed by atoms with Gasteiger partial charge in [0.1, 0.15) is 12.4 Å². The van der Waals surface area contributed by atoms with Gasteiger partial charge in [0, 0.05) is 12.7 Å². The van der Waals surface area contributed by atoms with Crippen molar-refractivity contribution >= 4 is 0 Å². The van der Waals surface area contributed by atoms with Crippen LogP contribution in [0.5, 0.6) is 5.75 Å². The Morgan fingerprint density at radius 1 is 1.19 bits per heavy atom. The number of benzene rings is 1. The number of nitrogens with one attached hydrogen (secondary N) is 1. The minimum absolute atomic E-state index is 0.0874. The predicted molar refractivity (Wildman–Crippen MR) is 86.3 cm³/mol. The first-order valence-corrected chi connectivity index (χ1v) is 7.65. The molecule has 0 spiro atoms. The van der Waals surface area contributed by atoms with E-state index < -0.39 is 0 Å². The molecular weight excluding hydrogens is 266 g/mol. The fourth-order valence-corrected chi connectivity index (χ4v) is 2.31. The average molecular weight is 295 g/mol. The molecule has 0 radical (unpaired) electrons. The van der Waals surface area contributed by atoms with Crippen LogP contribution in [0, 0.1) is 0 Å². The van der Waals surface area contributed by atoms with Crippen molar-refractivity contribution in [3.8, 4) is 5.75 Å². The second-order valence-electron chi connectivity index (χ2n) is 4.91. The summed E-state index contributed by atoms with van der Waals surface area (Å²) in [5, 5.41) is 0. The summed E-state index contributed by atoms with van der Waals surface area (Å²) in [6.45, 7) is 8.59. The smallest absolute Gasteiger partial charge is 0.124 e. The Balaban J connectivity index is 2.70. The Labute approximate surface area is 128 Å². The third-order valence-electron chi connectivity index (χ3n) is 3.67. The van der Waals surface area contributed by atoms with E-state index in [4.69, 9.17) is 15.3 Å². The minimum atomic E-state index is 0.0874. The number of nitrogens with zero attached hydrogens (tertiary/aromatic N) is 1. The van der Waals surface area contributed by atoms with Crippen molar-refractivity contribution in [3.63, 3.8) is 0 Å². The van der Waals surface area contributed by atoms with Crippen LogP contribution in [-0.4, -0.2) is 44.9 Å². The summed E-state index contributed by atoms with van der Waals surface area (Å²) in [5.74, 6) is 6.62. The SMILES string of the molecule is CCN(CC)CCC(NN)c1ccccc1OCCOC. The quantitative estimate of drug-likeness (QED) is 0.371. The monoisotopic (exact) mass is 295 g/mol. The highest BCUT2D eigenvalue weighted by molar-refractivity contribution is 5.35. The van der Waals surface area contributed by atoms with E-state index in [-0.39, 0.29) is 6.04 Å². The Hall–Kier alpha value is -1.14. The first-order chi connectivity index (χ1) is 10.3. The highest BCUT2D eigenvalue weighted by atomic mass is 16.5. The van der Waals surface area contributed by atoms with Crippen molar-refractivity contribution < 1.29 is 9.47 Å². The molecule has 0 aliphatic rings. The van der Waals surface area contributed by atoms with E-state index in [1.165, 1.54) is 0 Å². The third kappa shape index (κ3) is 6.01. The molecule has 1 aromatic carbocycles. The molecule has 0 aromatic heterocycles. The molecule has 0 heterocycles. The molecule has 1 atom stereocenters. The lowest BCUT2D eigenvalue weighted by atomic mass is 10.0. The number of hydrogen-bond donors (Lipinski definition) is 2. The molecule has 1 unspecified atom stereocenters. The lowest BCUT2D eigenvalue weighted by molar-refractivity contribution is 0.145. The number of nitrogens with two attached hydrogens (primary N) is 1. The summed E-state index contributed by atoms with van der Waals surface area (Å²) in [7, 11) is 1.67. The van der Waals surface area contributed by atoms with E-state index in [0.29, 0.717) is 13.2 Å². The topological polar surface area (TPSA) is 59.8 Å². The van der Waals surface area contributed by atoms with Crippen LogP contribution in [0.2, 0.25) is 0 Å². The molecule has 1 aromatic rings. The summed E-state index contributed by atoms with van der Waals surface area (Å²) < 4.78 is 10.8. The normalized spacial score (nSPS) is 12.6. The lowest BCUT2D eigenvalue weighted by Gasteiger charge is -2.24. The molecule has 5 heteroatoms. The zero-order valence-electron chi connectivity index (χ0n) is 13.5. The number of para-hydroxylation sites is 1. The predicted octanol–water partition coefficient (Wildman–Crippen LogP) is 1.95. The van der Waals surface area contributed by atoms with Gasteiger partial charge in [0.2, 0.25) is 0 Å².